The van der Waals surface area contributed by atoms with Gasteiger partial charge in [-0.25, -0.2) is 4.79 Å². The van der Waals surface area contributed by atoms with Crippen LogP contribution in [0.15, 0.2) is 46.5 Å². The highest BCUT2D eigenvalue weighted by atomic mass is 32.1. The van der Waals surface area contributed by atoms with Crippen molar-refractivity contribution in [2.24, 2.45) is 0 Å². The Balaban J connectivity index is 1.96. The predicted molar refractivity (Wildman–Crippen MR) is 87.5 cm³/mol. The van der Waals surface area contributed by atoms with Crippen molar-refractivity contribution in [3.05, 3.63) is 56.2 Å². The second-order valence-electron chi connectivity index (χ2n) is 4.06. The number of rotatable bonds is 4. The van der Waals surface area contributed by atoms with Gasteiger partial charge in [0.2, 0.25) is 0 Å². The summed E-state index contributed by atoms with van der Waals surface area (Å²) in [6, 6.07) is 9.81. The monoisotopic (exact) mass is 318 g/mol. The molecule has 0 amide bonds. The maximum Gasteiger partial charge on any atom is 0.337 e. The summed E-state index contributed by atoms with van der Waals surface area (Å²) in [5, 5.41) is 15.3. The zero-order valence-electron chi connectivity index (χ0n) is 10.3. The predicted octanol–water partition coefficient (Wildman–Crippen LogP) is 5.16. The third-order valence-electron chi connectivity index (χ3n) is 2.73. The van der Waals surface area contributed by atoms with Crippen LogP contribution in [0.2, 0.25) is 0 Å². The molecule has 0 spiro atoms. The summed E-state index contributed by atoms with van der Waals surface area (Å²) in [6.45, 7) is 0. The maximum atomic E-state index is 11.4. The highest BCUT2D eigenvalue weighted by molar-refractivity contribution is 7.15. The quantitative estimate of drug-likeness (QED) is 0.674. The Kier molecular flexibility index (Phi) is 3.82. The Morgan fingerprint density at radius 3 is 2.55 bits per heavy atom. The number of thiophene rings is 3. The Labute approximate surface area is 128 Å². The topological polar surface area (TPSA) is 37.3 Å². The lowest BCUT2D eigenvalue weighted by atomic mass is 10.2. The van der Waals surface area contributed by atoms with Gasteiger partial charge in [-0.05, 0) is 40.4 Å². The molecular formula is C15H10O2S3. The molecule has 0 unspecified atom stereocenters. The van der Waals surface area contributed by atoms with E-state index in [4.69, 9.17) is 0 Å². The molecule has 0 aliphatic heterocycles. The van der Waals surface area contributed by atoms with E-state index in [0.717, 1.165) is 15.3 Å². The van der Waals surface area contributed by atoms with Gasteiger partial charge in [-0.3, -0.25) is 0 Å². The molecule has 3 aromatic rings. The van der Waals surface area contributed by atoms with Crippen LogP contribution in [0.25, 0.3) is 22.1 Å². The Morgan fingerprint density at radius 1 is 1.10 bits per heavy atom. The molecule has 0 aliphatic rings. The molecule has 20 heavy (non-hydrogen) atoms. The third kappa shape index (κ3) is 2.75. The van der Waals surface area contributed by atoms with E-state index in [9.17, 15) is 9.90 Å². The van der Waals surface area contributed by atoms with E-state index in [-0.39, 0.29) is 0 Å². The van der Waals surface area contributed by atoms with Crippen molar-refractivity contribution < 1.29 is 9.90 Å². The molecule has 100 valence electrons. The van der Waals surface area contributed by atoms with Gasteiger partial charge < -0.3 is 5.11 Å². The minimum atomic E-state index is -0.890. The third-order valence-corrected chi connectivity index (χ3v) is 5.43. The van der Waals surface area contributed by atoms with Gasteiger partial charge in [0.1, 0.15) is 0 Å². The lowest BCUT2D eigenvalue weighted by Gasteiger charge is -1.97. The van der Waals surface area contributed by atoms with E-state index in [2.05, 4.69) is 11.4 Å². The first-order chi connectivity index (χ1) is 9.74. The van der Waals surface area contributed by atoms with E-state index in [1.807, 2.05) is 35.0 Å². The molecule has 0 aliphatic carbocycles. The number of carboxylic acid groups (broad SMARTS) is 1. The van der Waals surface area contributed by atoms with Crippen molar-refractivity contribution in [2.75, 3.05) is 0 Å². The van der Waals surface area contributed by atoms with Crippen LogP contribution in [0.3, 0.4) is 0 Å². The molecular weight excluding hydrogens is 308 g/mol. The number of hydrogen-bond acceptors (Lipinski definition) is 4. The molecule has 0 bridgehead atoms. The normalized spacial score (nSPS) is 11.7. The van der Waals surface area contributed by atoms with Crippen molar-refractivity contribution in [1.29, 1.82) is 0 Å². The van der Waals surface area contributed by atoms with Crippen molar-refractivity contribution in [2.45, 2.75) is 0 Å². The molecule has 0 saturated carbocycles. The number of carboxylic acids is 1. The van der Waals surface area contributed by atoms with Crippen LogP contribution in [0.5, 0.6) is 0 Å². The fourth-order valence-corrected chi connectivity index (χ4v) is 4.18. The highest BCUT2D eigenvalue weighted by Crippen LogP contribution is 2.32. The summed E-state index contributed by atoms with van der Waals surface area (Å²) in [5.41, 5.74) is 1.49. The first kappa shape index (κ1) is 13.3. The van der Waals surface area contributed by atoms with Crippen LogP contribution in [0.1, 0.15) is 9.75 Å². The van der Waals surface area contributed by atoms with Gasteiger partial charge in [0.25, 0.3) is 0 Å². The molecule has 0 saturated heterocycles. The van der Waals surface area contributed by atoms with Gasteiger partial charge in [0, 0.05) is 20.2 Å². The average molecular weight is 318 g/mol. The second-order valence-corrected chi connectivity index (χ2v) is 6.89. The van der Waals surface area contributed by atoms with Crippen LogP contribution in [-0.2, 0) is 4.79 Å². The fraction of sp³-hybridized carbons (Fsp3) is 0. The molecule has 0 atom stereocenters. The smallest absolute Gasteiger partial charge is 0.337 e. The largest absolute Gasteiger partial charge is 0.478 e. The minimum Gasteiger partial charge on any atom is -0.478 e. The first-order valence-corrected chi connectivity index (χ1v) is 8.49. The molecule has 2 nitrogen and oxygen atoms in total. The Morgan fingerprint density at radius 2 is 1.90 bits per heavy atom. The Bertz CT molecular complexity index is 734. The lowest BCUT2D eigenvalue weighted by Crippen LogP contribution is -1.97. The van der Waals surface area contributed by atoms with Crippen LogP contribution in [0.4, 0.5) is 0 Å². The van der Waals surface area contributed by atoms with Crippen LogP contribution < -0.4 is 0 Å². The van der Waals surface area contributed by atoms with E-state index < -0.39 is 5.97 Å². The average Bonchev–Trinajstić information content (AvgIpc) is 3.16. The number of hydrogen-bond donors (Lipinski definition) is 1. The molecule has 0 aromatic carbocycles. The number of carbonyl (C=O) groups is 1. The summed E-state index contributed by atoms with van der Waals surface area (Å²) in [6.07, 6.45) is 1.75. The van der Waals surface area contributed by atoms with Crippen molar-refractivity contribution in [1.82, 2.24) is 0 Å². The minimum absolute atomic E-state index is 0.347. The van der Waals surface area contributed by atoms with Gasteiger partial charge in [0.05, 0.1) is 5.57 Å². The molecule has 5 heteroatoms. The summed E-state index contributed by atoms with van der Waals surface area (Å²) in [5.74, 6) is -0.890. The van der Waals surface area contributed by atoms with E-state index in [1.54, 1.807) is 28.7 Å². The van der Waals surface area contributed by atoms with E-state index in [0.29, 0.717) is 5.57 Å². The molecule has 3 rings (SSSR count). The van der Waals surface area contributed by atoms with Gasteiger partial charge in [-0.1, -0.05) is 12.1 Å². The fourth-order valence-electron chi connectivity index (χ4n) is 1.81. The van der Waals surface area contributed by atoms with E-state index >= 15 is 0 Å². The highest BCUT2D eigenvalue weighted by Gasteiger charge is 2.12. The molecule has 0 radical (unpaired) electrons. The van der Waals surface area contributed by atoms with E-state index in [1.165, 1.54) is 16.2 Å². The summed E-state index contributed by atoms with van der Waals surface area (Å²) in [7, 11) is 0. The van der Waals surface area contributed by atoms with Crippen molar-refractivity contribution >= 4 is 51.6 Å². The van der Waals surface area contributed by atoms with Crippen LogP contribution in [0, 0.1) is 0 Å². The Hall–Kier alpha value is -1.69. The summed E-state index contributed by atoms with van der Waals surface area (Å²) >= 11 is 4.69. The van der Waals surface area contributed by atoms with Crippen molar-refractivity contribution in [3.8, 4) is 10.4 Å². The van der Waals surface area contributed by atoms with Crippen molar-refractivity contribution in [3.63, 3.8) is 0 Å². The number of aliphatic carboxylic acids is 1. The van der Waals surface area contributed by atoms with Gasteiger partial charge >= 0.3 is 5.97 Å². The zero-order chi connectivity index (χ0) is 13.9. The molecule has 0 fully saturated rings. The SMILES string of the molecule is O=C(O)/C(=C\c1cc(-c2cccs2)cs1)c1cccs1. The molecule has 3 aromatic heterocycles. The van der Waals surface area contributed by atoms with Gasteiger partial charge in [0.15, 0.2) is 0 Å². The van der Waals surface area contributed by atoms with Gasteiger partial charge in [-0.2, -0.15) is 0 Å². The summed E-state index contributed by atoms with van der Waals surface area (Å²) < 4.78 is 0. The van der Waals surface area contributed by atoms with Gasteiger partial charge in [-0.15, -0.1) is 34.0 Å². The summed E-state index contributed by atoms with van der Waals surface area (Å²) in [4.78, 5) is 14.3. The van der Waals surface area contributed by atoms with Crippen LogP contribution in [-0.4, -0.2) is 11.1 Å². The lowest BCUT2D eigenvalue weighted by molar-refractivity contribution is -0.130. The zero-order valence-corrected chi connectivity index (χ0v) is 12.7. The molecule has 1 N–H and O–H groups in total. The molecule has 3 heterocycles. The van der Waals surface area contributed by atoms with Crippen LogP contribution >= 0.6 is 34.0 Å². The first-order valence-electron chi connectivity index (χ1n) is 5.85. The maximum absolute atomic E-state index is 11.4. The second kappa shape index (κ2) is 5.75. The standard InChI is InChI=1S/C15H10O2S3/c16-15(17)12(14-4-2-6-19-14)8-11-7-10(9-20-11)13-3-1-5-18-13/h1-9H,(H,16,17)/b12-8-.